The second kappa shape index (κ2) is 4.72. The SMILES string of the molecule is CC#CCNS(=O)(=O)c1c[nH]c2ccc(N)cc12. The van der Waals surface area contributed by atoms with Crippen LogP contribution in [0.3, 0.4) is 0 Å². The van der Waals surface area contributed by atoms with Gasteiger partial charge in [-0.15, -0.1) is 5.92 Å². The fourth-order valence-corrected chi connectivity index (χ4v) is 2.72. The van der Waals surface area contributed by atoms with Crippen LogP contribution in [0.25, 0.3) is 10.9 Å². The van der Waals surface area contributed by atoms with Crippen LogP contribution in [0, 0.1) is 11.8 Å². The highest BCUT2D eigenvalue weighted by molar-refractivity contribution is 7.89. The molecule has 0 aliphatic rings. The molecule has 0 unspecified atom stereocenters. The quantitative estimate of drug-likeness (QED) is 0.571. The molecule has 0 radical (unpaired) electrons. The van der Waals surface area contributed by atoms with E-state index in [0.29, 0.717) is 11.1 Å². The number of nitrogens with two attached hydrogens (primary N) is 1. The minimum atomic E-state index is -3.57. The van der Waals surface area contributed by atoms with Gasteiger partial charge in [-0.1, -0.05) is 5.92 Å². The molecule has 0 aliphatic carbocycles. The standard InChI is InChI=1S/C12H13N3O2S/c1-2-3-6-15-18(16,17)12-8-14-11-5-4-9(13)7-10(11)12/h4-5,7-8,14-15H,6,13H2,1H3. The number of rotatable bonds is 3. The van der Waals surface area contributed by atoms with E-state index < -0.39 is 10.0 Å². The summed E-state index contributed by atoms with van der Waals surface area (Å²) in [5.74, 6) is 5.28. The van der Waals surface area contributed by atoms with Gasteiger partial charge in [-0.05, 0) is 25.1 Å². The Morgan fingerprint density at radius 3 is 2.94 bits per heavy atom. The zero-order valence-electron chi connectivity index (χ0n) is 9.82. The van der Waals surface area contributed by atoms with E-state index in [4.69, 9.17) is 5.73 Å². The molecule has 1 heterocycles. The van der Waals surface area contributed by atoms with E-state index in [1.165, 1.54) is 6.20 Å². The number of aromatic nitrogens is 1. The second-order valence-electron chi connectivity index (χ2n) is 3.71. The first-order valence-corrected chi connectivity index (χ1v) is 6.79. The summed E-state index contributed by atoms with van der Waals surface area (Å²) in [4.78, 5) is 3.08. The van der Waals surface area contributed by atoms with Crippen LogP contribution in [-0.4, -0.2) is 19.9 Å². The minimum Gasteiger partial charge on any atom is -0.399 e. The molecule has 0 atom stereocenters. The predicted octanol–water partition coefficient (Wildman–Crippen LogP) is 1.05. The average Bonchev–Trinajstić information content (AvgIpc) is 2.72. The lowest BCUT2D eigenvalue weighted by Gasteiger charge is -2.02. The number of benzene rings is 1. The van der Waals surface area contributed by atoms with Gasteiger partial charge in [0.1, 0.15) is 4.90 Å². The van der Waals surface area contributed by atoms with Gasteiger partial charge in [0.2, 0.25) is 10.0 Å². The molecular weight excluding hydrogens is 250 g/mol. The largest absolute Gasteiger partial charge is 0.399 e. The summed E-state index contributed by atoms with van der Waals surface area (Å²) in [6.45, 7) is 1.74. The predicted molar refractivity (Wildman–Crippen MR) is 71.3 cm³/mol. The normalized spacial score (nSPS) is 11.2. The molecule has 0 saturated carbocycles. The van der Waals surface area contributed by atoms with Crippen molar-refractivity contribution in [2.75, 3.05) is 12.3 Å². The van der Waals surface area contributed by atoms with Crippen LogP contribution in [0.2, 0.25) is 0 Å². The number of nitrogen functional groups attached to an aromatic ring is 1. The third-order valence-corrected chi connectivity index (χ3v) is 3.93. The molecule has 94 valence electrons. The highest BCUT2D eigenvalue weighted by Crippen LogP contribution is 2.24. The first-order chi connectivity index (χ1) is 8.54. The van der Waals surface area contributed by atoms with Gasteiger partial charge >= 0.3 is 0 Å². The lowest BCUT2D eigenvalue weighted by Crippen LogP contribution is -2.23. The van der Waals surface area contributed by atoms with Gasteiger partial charge in [0.25, 0.3) is 0 Å². The molecule has 18 heavy (non-hydrogen) atoms. The Kier molecular flexibility index (Phi) is 3.28. The summed E-state index contributed by atoms with van der Waals surface area (Å²) >= 11 is 0. The summed E-state index contributed by atoms with van der Waals surface area (Å²) in [5.41, 5.74) is 6.91. The van der Waals surface area contributed by atoms with E-state index in [-0.39, 0.29) is 11.4 Å². The van der Waals surface area contributed by atoms with Crippen LogP contribution in [0.5, 0.6) is 0 Å². The number of hydrogen-bond acceptors (Lipinski definition) is 3. The van der Waals surface area contributed by atoms with Crippen molar-refractivity contribution in [1.82, 2.24) is 9.71 Å². The molecule has 5 nitrogen and oxygen atoms in total. The summed E-state index contributed by atoms with van der Waals surface area (Å²) in [6, 6.07) is 5.09. The van der Waals surface area contributed by atoms with Gasteiger partial charge in [0.05, 0.1) is 6.54 Å². The Hall–Kier alpha value is -1.97. The molecule has 2 aromatic rings. The van der Waals surface area contributed by atoms with E-state index in [1.807, 2.05) is 0 Å². The monoisotopic (exact) mass is 263 g/mol. The molecule has 1 aromatic heterocycles. The highest BCUT2D eigenvalue weighted by Gasteiger charge is 2.18. The van der Waals surface area contributed by atoms with Crippen molar-refractivity contribution >= 4 is 26.6 Å². The summed E-state index contributed by atoms with van der Waals surface area (Å²) in [5, 5.41) is 0.576. The van der Waals surface area contributed by atoms with E-state index in [0.717, 1.165) is 5.52 Å². The maximum atomic E-state index is 12.1. The van der Waals surface area contributed by atoms with Crippen molar-refractivity contribution in [3.8, 4) is 11.8 Å². The maximum Gasteiger partial charge on any atom is 0.243 e. The van der Waals surface area contributed by atoms with Gasteiger partial charge in [0.15, 0.2) is 0 Å². The number of sulfonamides is 1. The maximum absolute atomic E-state index is 12.1. The van der Waals surface area contributed by atoms with Gasteiger partial charge < -0.3 is 10.7 Å². The zero-order chi connectivity index (χ0) is 13.2. The summed E-state index contributed by atoms with van der Waals surface area (Å²) in [7, 11) is -3.57. The van der Waals surface area contributed by atoms with Gasteiger partial charge in [0, 0.05) is 22.8 Å². The molecule has 6 heteroatoms. The molecule has 0 spiro atoms. The Morgan fingerprint density at radius 2 is 2.22 bits per heavy atom. The van der Waals surface area contributed by atoms with Crippen molar-refractivity contribution < 1.29 is 8.42 Å². The van der Waals surface area contributed by atoms with Crippen LogP contribution in [0.4, 0.5) is 5.69 Å². The number of hydrogen-bond donors (Lipinski definition) is 3. The van der Waals surface area contributed by atoms with Crippen LogP contribution < -0.4 is 10.5 Å². The third kappa shape index (κ3) is 2.32. The number of anilines is 1. The Balaban J connectivity index is 2.46. The first kappa shape index (κ1) is 12.5. The van der Waals surface area contributed by atoms with Crippen molar-refractivity contribution in [3.63, 3.8) is 0 Å². The molecule has 4 N–H and O–H groups in total. The first-order valence-electron chi connectivity index (χ1n) is 5.30. The van der Waals surface area contributed by atoms with Crippen molar-refractivity contribution in [1.29, 1.82) is 0 Å². The van der Waals surface area contributed by atoms with Gasteiger partial charge in [-0.25, -0.2) is 8.42 Å². The van der Waals surface area contributed by atoms with Crippen molar-refractivity contribution in [2.45, 2.75) is 11.8 Å². The van der Waals surface area contributed by atoms with E-state index >= 15 is 0 Å². The Bertz CT molecular complexity index is 736. The number of fused-ring (bicyclic) bond motifs is 1. The van der Waals surface area contributed by atoms with Crippen LogP contribution in [0.15, 0.2) is 29.3 Å². The topological polar surface area (TPSA) is 88.0 Å². The van der Waals surface area contributed by atoms with Crippen LogP contribution in [-0.2, 0) is 10.0 Å². The minimum absolute atomic E-state index is 0.0911. The average molecular weight is 263 g/mol. The fraction of sp³-hybridized carbons (Fsp3) is 0.167. The van der Waals surface area contributed by atoms with Crippen molar-refractivity contribution in [3.05, 3.63) is 24.4 Å². The van der Waals surface area contributed by atoms with Crippen molar-refractivity contribution in [2.24, 2.45) is 0 Å². The lowest BCUT2D eigenvalue weighted by molar-refractivity contribution is 0.587. The highest BCUT2D eigenvalue weighted by atomic mass is 32.2. The second-order valence-corrected chi connectivity index (χ2v) is 5.44. The van der Waals surface area contributed by atoms with Gasteiger partial charge in [-0.2, -0.15) is 4.72 Å². The van der Waals surface area contributed by atoms with Crippen LogP contribution in [0.1, 0.15) is 6.92 Å². The molecule has 0 bridgehead atoms. The van der Waals surface area contributed by atoms with Crippen LogP contribution >= 0.6 is 0 Å². The number of H-pyrrole nitrogens is 1. The molecule has 2 rings (SSSR count). The molecule has 0 fully saturated rings. The smallest absolute Gasteiger partial charge is 0.243 e. The molecule has 0 saturated heterocycles. The number of aromatic amines is 1. The lowest BCUT2D eigenvalue weighted by atomic mass is 10.2. The summed E-state index contributed by atoms with van der Waals surface area (Å²) in [6.07, 6.45) is 1.45. The molecular formula is C12H13N3O2S. The van der Waals surface area contributed by atoms with E-state index in [1.54, 1.807) is 25.1 Å². The number of nitrogens with one attached hydrogen (secondary N) is 2. The molecule has 0 amide bonds. The van der Waals surface area contributed by atoms with E-state index in [9.17, 15) is 8.42 Å². The zero-order valence-corrected chi connectivity index (χ0v) is 10.6. The molecule has 1 aromatic carbocycles. The Labute approximate surface area is 105 Å². The Morgan fingerprint density at radius 1 is 1.44 bits per heavy atom. The fourth-order valence-electron chi connectivity index (χ4n) is 1.63. The summed E-state index contributed by atoms with van der Waals surface area (Å²) < 4.78 is 26.5. The third-order valence-electron chi connectivity index (χ3n) is 2.48. The molecule has 0 aliphatic heterocycles. The van der Waals surface area contributed by atoms with E-state index in [2.05, 4.69) is 21.5 Å². The van der Waals surface area contributed by atoms with Gasteiger partial charge in [-0.3, -0.25) is 0 Å².